The van der Waals surface area contributed by atoms with Crippen molar-refractivity contribution in [1.82, 2.24) is 0 Å². The maximum absolute atomic E-state index is 13.7. The molecule has 4 aromatic rings. The number of carboxylic acid groups (broad SMARTS) is 1. The Labute approximate surface area is 231 Å². The van der Waals surface area contributed by atoms with Crippen LogP contribution in [-0.2, 0) is 16.6 Å². The second-order valence-electron chi connectivity index (χ2n) is 7.56. The molecule has 0 saturated heterocycles. The van der Waals surface area contributed by atoms with Crippen LogP contribution in [0.1, 0.15) is 21.5 Å². The number of thiophene rings is 1. The molecule has 0 aliphatic heterocycles. The molecule has 0 aliphatic carbocycles. The number of aromatic carboxylic acids is 1. The van der Waals surface area contributed by atoms with Gasteiger partial charge in [-0.2, -0.15) is 0 Å². The molecule has 0 spiro atoms. The summed E-state index contributed by atoms with van der Waals surface area (Å²) >= 11 is 1.27. The van der Waals surface area contributed by atoms with Gasteiger partial charge in [-0.25, -0.2) is 13.2 Å². The predicted molar refractivity (Wildman–Crippen MR) is 132 cm³/mol. The molecular weight excluding hydrogens is 526 g/mol. The molecule has 1 heterocycles. The summed E-state index contributed by atoms with van der Waals surface area (Å²) in [6, 6.07) is 17.2. The van der Waals surface area contributed by atoms with Crippen molar-refractivity contribution in [2.45, 2.75) is 24.7 Å². The zero-order chi connectivity index (χ0) is 25.4. The topological polar surface area (TPSA) is 83.9 Å². The van der Waals surface area contributed by atoms with Crippen LogP contribution in [0, 0.1) is 6.92 Å². The van der Waals surface area contributed by atoms with Crippen molar-refractivity contribution in [3.05, 3.63) is 89.5 Å². The number of hydrogen-bond donors (Lipinski definition) is 1. The number of hydrogen-bond acceptors (Lipinski definition) is 5. The van der Waals surface area contributed by atoms with Gasteiger partial charge < -0.3 is 9.84 Å². The van der Waals surface area contributed by atoms with Gasteiger partial charge in [0, 0.05) is 34.3 Å². The van der Waals surface area contributed by atoms with Gasteiger partial charge in [0.15, 0.2) is 0 Å². The average Bonchev–Trinajstić information content (AvgIpc) is 3.13. The number of rotatable bonds is 7. The van der Waals surface area contributed by atoms with Crippen LogP contribution < -0.4 is 9.04 Å². The van der Waals surface area contributed by atoms with Gasteiger partial charge in [0.1, 0.15) is 10.8 Å². The molecule has 0 fully saturated rings. The van der Waals surface area contributed by atoms with E-state index >= 15 is 0 Å². The van der Waals surface area contributed by atoms with Gasteiger partial charge in [0.25, 0.3) is 10.0 Å². The Bertz CT molecular complexity index is 1490. The zero-order valence-corrected chi connectivity index (χ0v) is 22.7. The number of alkyl halides is 3. The Kier molecular flexibility index (Phi) is 8.41. The fraction of sp³-hybridized carbons (Fsp3) is 0.125. The maximum atomic E-state index is 13.7. The van der Waals surface area contributed by atoms with Crippen LogP contribution in [0.3, 0.4) is 0 Å². The largest absolute Gasteiger partial charge is 0.573 e. The molecule has 3 aromatic carbocycles. The van der Waals surface area contributed by atoms with Crippen molar-refractivity contribution in [3.63, 3.8) is 0 Å². The first kappa shape index (κ1) is 28.0. The first-order valence-corrected chi connectivity index (χ1v) is 12.4. The number of sulfonamides is 1. The SMILES string of the molecule is Cc1c(N(Cc2ccc(OC(F)(F)F)cc2)S(=O)(=O)c2ccc(C(=O)O)cc2)sc2ccccc12.[Na]. The molecule has 1 aromatic heterocycles. The summed E-state index contributed by atoms with van der Waals surface area (Å²) in [6.07, 6.45) is -4.84. The number of carboxylic acids is 1. The number of fused-ring (bicyclic) bond motifs is 1. The third kappa shape index (κ3) is 6.04. The minimum absolute atomic E-state index is 0. The molecule has 0 bridgehead atoms. The third-order valence-corrected chi connectivity index (χ3v) is 8.39. The van der Waals surface area contributed by atoms with Gasteiger partial charge in [-0.1, -0.05) is 30.3 Å². The van der Waals surface area contributed by atoms with Crippen molar-refractivity contribution in [2.75, 3.05) is 4.31 Å². The second-order valence-corrected chi connectivity index (χ2v) is 10.5. The van der Waals surface area contributed by atoms with Crippen LogP contribution in [0.15, 0.2) is 77.7 Å². The molecule has 183 valence electrons. The van der Waals surface area contributed by atoms with Gasteiger partial charge in [-0.05, 0) is 65.9 Å². The van der Waals surface area contributed by atoms with Crippen molar-refractivity contribution < 1.29 is 36.2 Å². The Hall–Kier alpha value is -2.57. The fourth-order valence-electron chi connectivity index (χ4n) is 3.52. The van der Waals surface area contributed by atoms with Gasteiger partial charge in [0.05, 0.1) is 17.0 Å². The van der Waals surface area contributed by atoms with E-state index in [2.05, 4.69) is 4.74 Å². The fourth-order valence-corrected chi connectivity index (χ4v) is 6.45. The van der Waals surface area contributed by atoms with Crippen LogP contribution in [0.2, 0.25) is 0 Å². The normalized spacial score (nSPS) is 11.7. The number of carbonyl (C=O) groups is 1. The van der Waals surface area contributed by atoms with Gasteiger partial charge >= 0.3 is 12.3 Å². The van der Waals surface area contributed by atoms with Gasteiger partial charge in [-0.3, -0.25) is 4.31 Å². The quantitative estimate of drug-likeness (QED) is 0.297. The van der Waals surface area contributed by atoms with E-state index < -0.39 is 28.1 Å². The molecule has 6 nitrogen and oxygen atoms in total. The molecular formula is C24H18F3NNaO5S2. The second kappa shape index (κ2) is 10.8. The van der Waals surface area contributed by atoms with E-state index in [1.807, 2.05) is 24.3 Å². The first-order valence-electron chi connectivity index (χ1n) is 10.1. The summed E-state index contributed by atoms with van der Waals surface area (Å²) in [5, 5.41) is 10.5. The average molecular weight is 545 g/mol. The molecule has 0 unspecified atom stereocenters. The Morgan fingerprint density at radius 2 is 1.61 bits per heavy atom. The van der Waals surface area contributed by atoms with E-state index in [1.54, 1.807) is 6.92 Å². The maximum Gasteiger partial charge on any atom is 0.573 e. The van der Waals surface area contributed by atoms with Crippen molar-refractivity contribution in [2.24, 2.45) is 0 Å². The summed E-state index contributed by atoms with van der Waals surface area (Å²) < 4.78 is 70.9. The van der Waals surface area contributed by atoms with Crippen molar-refractivity contribution in [1.29, 1.82) is 0 Å². The smallest absolute Gasteiger partial charge is 0.478 e. The van der Waals surface area contributed by atoms with Crippen molar-refractivity contribution >= 4 is 72.0 Å². The van der Waals surface area contributed by atoms with Crippen LogP contribution in [0.25, 0.3) is 10.1 Å². The molecule has 0 atom stereocenters. The summed E-state index contributed by atoms with van der Waals surface area (Å²) in [5.41, 5.74) is 1.10. The van der Waals surface area contributed by atoms with Gasteiger partial charge in [-0.15, -0.1) is 24.5 Å². The molecule has 1 radical (unpaired) electrons. The Balaban J connectivity index is 0.00000361. The third-order valence-electron chi connectivity index (χ3n) is 5.22. The number of halogens is 3. The molecule has 0 saturated carbocycles. The Morgan fingerprint density at radius 3 is 2.17 bits per heavy atom. The van der Waals surface area contributed by atoms with E-state index in [1.165, 1.54) is 52.0 Å². The number of benzene rings is 3. The van der Waals surface area contributed by atoms with E-state index in [9.17, 15) is 26.4 Å². The zero-order valence-electron chi connectivity index (χ0n) is 19.1. The molecule has 0 aliphatic rings. The van der Waals surface area contributed by atoms with Gasteiger partial charge in [0.2, 0.25) is 0 Å². The van der Waals surface area contributed by atoms with Crippen LogP contribution in [0.5, 0.6) is 5.75 Å². The number of nitrogens with zero attached hydrogens (tertiary/aromatic N) is 1. The molecule has 12 heteroatoms. The van der Waals surface area contributed by atoms with E-state index in [-0.39, 0.29) is 46.6 Å². The van der Waals surface area contributed by atoms with E-state index in [4.69, 9.17) is 5.11 Å². The minimum Gasteiger partial charge on any atom is -0.478 e. The van der Waals surface area contributed by atoms with Crippen LogP contribution in [-0.4, -0.2) is 55.4 Å². The van der Waals surface area contributed by atoms with Crippen LogP contribution in [0.4, 0.5) is 18.2 Å². The number of ether oxygens (including phenoxy) is 1. The predicted octanol–water partition coefficient (Wildman–Crippen LogP) is 5.82. The van der Waals surface area contributed by atoms with Crippen LogP contribution >= 0.6 is 11.3 Å². The summed E-state index contributed by atoms with van der Waals surface area (Å²) in [6.45, 7) is 1.63. The number of aryl methyl sites for hydroxylation is 1. The minimum atomic E-state index is -4.84. The summed E-state index contributed by atoms with van der Waals surface area (Å²) in [5.74, 6) is -1.61. The first-order chi connectivity index (χ1) is 16.5. The standard InChI is InChI=1S/C24H18F3NO5S2.Na/c1-15-20-4-2-3-5-21(20)34-22(15)28(14-16-6-10-18(11-7-16)33-24(25,26)27)35(31,32)19-12-8-17(9-13-19)23(29)30;/h2-13H,14H2,1H3,(H,29,30);. The van der Waals surface area contributed by atoms with E-state index in [0.29, 0.717) is 10.6 Å². The molecule has 0 amide bonds. The summed E-state index contributed by atoms with van der Waals surface area (Å²) in [4.78, 5) is 11.1. The Morgan fingerprint density at radius 1 is 1.00 bits per heavy atom. The van der Waals surface area contributed by atoms with E-state index in [0.717, 1.165) is 27.8 Å². The molecule has 36 heavy (non-hydrogen) atoms. The summed E-state index contributed by atoms with van der Waals surface area (Å²) in [7, 11) is -4.16. The van der Waals surface area contributed by atoms with Crippen molar-refractivity contribution in [3.8, 4) is 5.75 Å². The monoisotopic (exact) mass is 544 g/mol. The number of anilines is 1. The molecule has 1 N–H and O–H groups in total. The molecule has 4 rings (SSSR count).